The average Bonchev–Trinajstić information content (AvgIpc) is 3.02. The zero-order valence-electron chi connectivity index (χ0n) is 16.5. The van der Waals surface area contributed by atoms with Gasteiger partial charge in [0, 0.05) is 17.4 Å². The van der Waals surface area contributed by atoms with Gasteiger partial charge in [0.05, 0.1) is 6.21 Å². The molecule has 0 saturated heterocycles. The van der Waals surface area contributed by atoms with Gasteiger partial charge in [-0.2, -0.15) is 0 Å². The molecular weight excluding hydrogens is 370 g/mol. The van der Waals surface area contributed by atoms with Crippen molar-refractivity contribution in [2.24, 2.45) is 5.10 Å². The summed E-state index contributed by atoms with van der Waals surface area (Å²) in [6.45, 7) is 3.70. The Bertz CT molecular complexity index is 1120. The fourth-order valence-corrected chi connectivity index (χ4v) is 2.71. The van der Waals surface area contributed by atoms with Gasteiger partial charge in [0.1, 0.15) is 0 Å². The van der Waals surface area contributed by atoms with Gasteiger partial charge in [-0.15, -0.1) is 4.68 Å². The van der Waals surface area contributed by atoms with Gasteiger partial charge in [0.2, 0.25) is 5.78 Å². The molecule has 148 valence electrons. The maximum Gasteiger partial charge on any atom is 0.432 e. The number of carbonyl (C=O) groups excluding carboxylic acids is 2. The third-order valence-corrected chi connectivity index (χ3v) is 4.40. The number of rotatable bonds is 6. The van der Waals surface area contributed by atoms with Crippen molar-refractivity contribution in [1.29, 1.82) is 0 Å². The van der Waals surface area contributed by atoms with Crippen LogP contribution in [0.15, 0.2) is 58.4 Å². The SMILES string of the molecule is CNC(=O)c1c(=O)n(N=Cc2ccc(C)cc2)[nH][n+]1CC(=O)c1ccc(C)cc1. The second-order valence-corrected chi connectivity index (χ2v) is 6.68. The van der Waals surface area contributed by atoms with Crippen LogP contribution in [0.3, 0.4) is 0 Å². The molecule has 0 aliphatic carbocycles. The molecule has 0 aliphatic heterocycles. The first-order valence-corrected chi connectivity index (χ1v) is 9.07. The molecule has 1 aromatic heterocycles. The monoisotopic (exact) mass is 392 g/mol. The minimum atomic E-state index is -0.649. The van der Waals surface area contributed by atoms with Crippen LogP contribution in [-0.4, -0.2) is 35.0 Å². The minimum absolute atomic E-state index is 0.200. The molecule has 3 aromatic rings. The van der Waals surface area contributed by atoms with E-state index < -0.39 is 11.5 Å². The van der Waals surface area contributed by atoms with Crippen LogP contribution in [0.25, 0.3) is 0 Å². The number of H-pyrrole nitrogens is 1. The fourth-order valence-electron chi connectivity index (χ4n) is 2.71. The summed E-state index contributed by atoms with van der Waals surface area (Å²) in [6.07, 6.45) is 1.50. The smallest absolute Gasteiger partial charge is 0.352 e. The molecule has 0 saturated carbocycles. The molecule has 0 aliphatic rings. The lowest BCUT2D eigenvalue weighted by molar-refractivity contribution is -0.744. The molecular formula is C21H22N5O3+. The largest absolute Gasteiger partial charge is 0.432 e. The number of nitrogens with zero attached hydrogens (tertiary/aromatic N) is 3. The fraction of sp³-hybridized carbons (Fsp3) is 0.190. The summed E-state index contributed by atoms with van der Waals surface area (Å²) in [5.74, 6) is -0.844. The van der Waals surface area contributed by atoms with E-state index in [0.29, 0.717) is 5.56 Å². The summed E-state index contributed by atoms with van der Waals surface area (Å²) < 4.78 is 1.20. The molecule has 0 bridgehead atoms. The van der Waals surface area contributed by atoms with Crippen molar-refractivity contribution in [2.75, 3.05) is 7.05 Å². The third kappa shape index (κ3) is 4.55. The Morgan fingerprint density at radius 1 is 1.07 bits per heavy atom. The Balaban J connectivity index is 1.93. The Kier molecular flexibility index (Phi) is 5.82. The predicted molar refractivity (Wildman–Crippen MR) is 108 cm³/mol. The van der Waals surface area contributed by atoms with Crippen LogP contribution in [0.4, 0.5) is 0 Å². The van der Waals surface area contributed by atoms with E-state index in [2.05, 4.69) is 15.6 Å². The van der Waals surface area contributed by atoms with Crippen LogP contribution >= 0.6 is 0 Å². The van der Waals surface area contributed by atoms with Crippen molar-refractivity contribution in [3.63, 3.8) is 0 Å². The van der Waals surface area contributed by atoms with Gasteiger partial charge in [-0.25, -0.2) is 4.79 Å². The topological polar surface area (TPSA) is 100 Å². The highest BCUT2D eigenvalue weighted by Crippen LogP contribution is 2.04. The summed E-state index contributed by atoms with van der Waals surface area (Å²) in [6, 6.07) is 14.7. The van der Waals surface area contributed by atoms with Gasteiger partial charge in [-0.05, 0) is 19.4 Å². The molecule has 8 nitrogen and oxygen atoms in total. The van der Waals surface area contributed by atoms with Crippen LogP contribution < -0.4 is 15.6 Å². The maximum atomic E-state index is 12.7. The number of carbonyl (C=O) groups is 2. The van der Waals surface area contributed by atoms with Gasteiger partial charge in [0.25, 0.3) is 0 Å². The molecule has 1 heterocycles. The molecule has 1 amide bonds. The van der Waals surface area contributed by atoms with Crippen LogP contribution in [0.2, 0.25) is 0 Å². The number of amides is 1. The van der Waals surface area contributed by atoms with Gasteiger partial charge >= 0.3 is 17.2 Å². The number of Topliss-reactive ketones (excluding diaryl/α,β-unsaturated/α-hetero) is 1. The lowest BCUT2D eigenvalue weighted by Gasteiger charge is -2.00. The van der Waals surface area contributed by atoms with Crippen LogP contribution in [-0.2, 0) is 6.54 Å². The zero-order valence-corrected chi connectivity index (χ0v) is 16.5. The van der Waals surface area contributed by atoms with E-state index in [0.717, 1.165) is 21.5 Å². The number of aromatic amines is 1. The number of ketones is 1. The first-order chi connectivity index (χ1) is 13.9. The minimum Gasteiger partial charge on any atom is -0.352 e. The highest BCUT2D eigenvalue weighted by molar-refractivity contribution is 5.95. The van der Waals surface area contributed by atoms with Crippen LogP contribution in [0.5, 0.6) is 0 Å². The molecule has 2 aromatic carbocycles. The van der Waals surface area contributed by atoms with E-state index in [1.807, 2.05) is 50.2 Å². The summed E-state index contributed by atoms with van der Waals surface area (Å²) in [5.41, 5.74) is 2.57. The molecule has 8 heteroatoms. The van der Waals surface area contributed by atoms with Gasteiger partial charge in [0.15, 0.2) is 6.54 Å². The molecule has 3 rings (SSSR count). The molecule has 0 radical (unpaired) electrons. The number of hydrogen-bond acceptors (Lipinski definition) is 4. The average molecular weight is 392 g/mol. The van der Waals surface area contributed by atoms with Gasteiger partial charge in [-0.3, -0.25) is 9.59 Å². The lowest BCUT2D eigenvalue weighted by atomic mass is 10.1. The third-order valence-electron chi connectivity index (χ3n) is 4.40. The lowest BCUT2D eigenvalue weighted by Crippen LogP contribution is -2.48. The number of hydrogen-bond donors (Lipinski definition) is 2. The molecule has 2 N–H and O–H groups in total. The second kappa shape index (κ2) is 8.47. The van der Waals surface area contributed by atoms with Crippen molar-refractivity contribution in [1.82, 2.24) is 15.3 Å². The van der Waals surface area contributed by atoms with Crippen LogP contribution in [0, 0.1) is 13.8 Å². The maximum absolute atomic E-state index is 12.7. The normalized spacial score (nSPS) is 11.0. The Labute approximate surface area is 167 Å². The van der Waals surface area contributed by atoms with Gasteiger partial charge < -0.3 is 5.32 Å². The van der Waals surface area contributed by atoms with E-state index in [4.69, 9.17) is 0 Å². The number of nitrogens with one attached hydrogen (secondary N) is 2. The number of benzene rings is 2. The van der Waals surface area contributed by atoms with Gasteiger partial charge in [-0.1, -0.05) is 70.0 Å². The van der Waals surface area contributed by atoms with Crippen molar-refractivity contribution >= 4 is 17.9 Å². The van der Waals surface area contributed by atoms with Crippen molar-refractivity contribution in [2.45, 2.75) is 20.4 Å². The van der Waals surface area contributed by atoms with Crippen molar-refractivity contribution in [3.05, 3.63) is 86.8 Å². The summed E-state index contributed by atoms with van der Waals surface area (Å²) in [4.78, 5) is 38.4. The first-order valence-electron chi connectivity index (χ1n) is 9.07. The molecule has 0 spiro atoms. The predicted octanol–water partition coefficient (Wildman–Crippen LogP) is 1.21. The zero-order chi connectivity index (χ0) is 21.0. The highest BCUT2D eigenvalue weighted by Gasteiger charge is 2.29. The highest BCUT2D eigenvalue weighted by atomic mass is 16.2. The first kappa shape index (κ1) is 19.9. The van der Waals surface area contributed by atoms with E-state index in [9.17, 15) is 14.4 Å². The Hall–Kier alpha value is -3.81. The summed E-state index contributed by atoms with van der Waals surface area (Å²) in [7, 11) is 1.42. The summed E-state index contributed by atoms with van der Waals surface area (Å²) in [5, 5.41) is 9.23. The van der Waals surface area contributed by atoms with Crippen molar-refractivity contribution in [3.8, 4) is 0 Å². The summed E-state index contributed by atoms with van der Waals surface area (Å²) >= 11 is 0. The van der Waals surface area contributed by atoms with Crippen molar-refractivity contribution < 1.29 is 14.3 Å². The van der Waals surface area contributed by atoms with E-state index >= 15 is 0 Å². The standard InChI is InChI=1S/C21H21N5O3/c1-14-4-8-16(9-5-14)12-23-26-21(29)19(20(28)22-3)25(24-26)13-18(27)17-10-6-15(2)7-11-17/h4-12H,13H2,1-3H3,(H-,22,24,28,29)/p+1. The number of aromatic nitrogens is 3. The molecule has 29 heavy (non-hydrogen) atoms. The van der Waals surface area contributed by atoms with Crippen LogP contribution in [0.1, 0.15) is 37.5 Å². The molecule has 0 atom stereocenters. The second-order valence-electron chi connectivity index (χ2n) is 6.68. The number of aryl methyl sites for hydroxylation is 2. The molecule has 0 unspecified atom stereocenters. The Morgan fingerprint density at radius 2 is 1.66 bits per heavy atom. The Morgan fingerprint density at radius 3 is 2.24 bits per heavy atom. The quantitative estimate of drug-likeness (QED) is 0.375. The van der Waals surface area contributed by atoms with E-state index in [1.54, 1.807) is 12.1 Å². The van der Waals surface area contributed by atoms with E-state index in [1.165, 1.54) is 17.9 Å². The molecule has 0 fully saturated rings. The van der Waals surface area contributed by atoms with E-state index in [-0.39, 0.29) is 18.0 Å².